The molecule has 0 aromatic heterocycles. The van der Waals surface area contributed by atoms with Crippen LogP contribution >= 0.6 is 0 Å². The highest BCUT2D eigenvalue weighted by molar-refractivity contribution is 5.85. The molecule has 0 aromatic rings. The molecule has 4 saturated carbocycles. The number of carbonyl (C=O) groups excluding carboxylic acids is 1. The third-order valence-electron chi connectivity index (χ3n) is 10.1. The van der Waals surface area contributed by atoms with Crippen molar-refractivity contribution in [3.63, 3.8) is 0 Å². The summed E-state index contributed by atoms with van der Waals surface area (Å²) >= 11 is 0. The lowest BCUT2D eigenvalue weighted by Gasteiger charge is -2.64. The van der Waals surface area contributed by atoms with Crippen LogP contribution in [0.2, 0.25) is 0 Å². The van der Waals surface area contributed by atoms with Crippen LogP contribution in [0.3, 0.4) is 0 Å². The molecule has 0 amide bonds. The lowest BCUT2D eigenvalue weighted by molar-refractivity contribution is -0.231. The van der Waals surface area contributed by atoms with Gasteiger partial charge in [0.15, 0.2) is 0 Å². The van der Waals surface area contributed by atoms with E-state index in [4.69, 9.17) is 4.74 Å². The standard InChI is InChI=1S/C23H34O5/c1-21-7-5-17-18(4-3-14-10-15(24)11-19(25)22(14,17)2)23(21,27)8-6-16(21)13-9-20(26)28-12-13/h9,14-19,24-25,27H,3-8,10-12H2,1-2H3/t14-,15-,16-,17-,18-,19-,21-,22+,23+/m1/s1. The van der Waals surface area contributed by atoms with Crippen molar-refractivity contribution < 1.29 is 24.9 Å². The van der Waals surface area contributed by atoms with Crippen molar-refractivity contribution in [1.82, 2.24) is 0 Å². The summed E-state index contributed by atoms with van der Waals surface area (Å²) in [7, 11) is 0. The van der Waals surface area contributed by atoms with Gasteiger partial charge in [-0.2, -0.15) is 0 Å². The molecule has 5 rings (SSSR count). The Hall–Kier alpha value is -0.910. The van der Waals surface area contributed by atoms with Crippen molar-refractivity contribution in [3.8, 4) is 0 Å². The Morgan fingerprint density at radius 1 is 1.04 bits per heavy atom. The molecule has 3 N–H and O–H groups in total. The zero-order valence-electron chi connectivity index (χ0n) is 17.1. The van der Waals surface area contributed by atoms with Crippen LogP contribution in [0.15, 0.2) is 11.6 Å². The van der Waals surface area contributed by atoms with Gasteiger partial charge in [-0.15, -0.1) is 0 Å². The molecule has 0 radical (unpaired) electrons. The number of hydrogen-bond acceptors (Lipinski definition) is 5. The van der Waals surface area contributed by atoms with Crippen molar-refractivity contribution in [2.45, 2.75) is 83.0 Å². The predicted octanol–water partition coefficient (Wildman–Crippen LogP) is 2.58. The largest absolute Gasteiger partial charge is 0.458 e. The van der Waals surface area contributed by atoms with Crippen molar-refractivity contribution in [2.24, 2.45) is 34.5 Å². The van der Waals surface area contributed by atoms with Crippen molar-refractivity contribution in [2.75, 3.05) is 6.61 Å². The van der Waals surface area contributed by atoms with Gasteiger partial charge in [0.2, 0.25) is 0 Å². The average molecular weight is 391 g/mol. The Morgan fingerprint density at radius 3 is 2.54 bits per heavy atom. The first-order valence-corrected chi connectivity index (χ1v) is 11.2. The number of cyclic esters (lactones) is 1. The minimum atomic E-state index is -0.753. The molecule has 28 heavy (non-hydrogen) atoms. The van der Waals surface area contributed by atoms with E-state index in [0.717, 1.165) is 50.5 Å². The van der Waals surface area contributed by atoms with E-state index in [0.29, 0.717) is 24.9 Å². The number of aliphatic hydroxyl groups excluding tert-OH is 2. The number of rotatable bonds is 1. The minimum Gasteiger partial charge on any atom is -0.458 e. The highest BCUT2D eigenvalue weighted by Gasteiger charge is 2.68. The fourth-order valence-corrected chi connectivity index (χ4v) is 8.45. The van der Waals surface area contributed by atoms with E-state index in [1.54, 1.807) is 6.08 Å². The maximum atomic E-state index is 12.1. The van der Waals surface area contributed by atoms with Gasteiger partial charge in [-0.3, -0.25) is 0 Å². The van der Waals surface area contributed by atoms with Crippen LogP contribution in [0.5, 0.6) is 0 Å². The number of aliphatic hydroxyl groups is 3. The first kappa shape index (κ1) is 19.1. The molecule has 4 aliphatic carbocycles. The van der Waals surface area contributed by atoms with Gasteiger partial charge < -0.3 is 20.1 Å². The molecule has 5 heteroatoms. The molecular formula is C23H34O5. The number of ether oxygens (including phenoxy) is 1. The zero-order valence-corrected chi connectivity index (χ0v) is 17.1. The van der Waals surface area contributed by atoms with Gasteiger partial charge in [0, 0.05) is 11.5 Å². The van der Waals surface area contributed by atoms with Crippen LogP contribution in [-0.4, -0.2) is 45.7 Å². The van der Waals surface area contributed by atoms with Crippen molar-refractivity contribution >= 4 is 5.97 Å². The smallest absolute Gasteiger partial charge is 0.331 e. The fraction of sp³-hybridized carbons (Fsp3) is 0.870. The van der Waals surface area contributed by atoms with Crippen molar-refractivity contribution in [1.29, 1.82) is 0 Å². The summed E-state index contributed by atoms with van der Waals surface area (Å²) in [4.78, 5) is 11.6. The van der Waals surface area contributed by atoms with E-state index in [9.17, 15) is 20.1 Å². The second-order valence-corrected chi connectivity index (χ2v) is 10.8. The minimum absolute atomic E-state index is 0.181. The van der Waals surface area contributed by atoms with Gasteiger partial charge in [-0.05, 0) is 86.0 Å². The molecule has 0 spiro atoms. The molecule has 5 nitrogen and oxygen atoms in total. The third kappa shape index (κ3) is 2.27. The van der Waals surface area contributed by atoms with Gasteiger partial charge >= 0.3 is 5.97 Å². The first-order chi connectivity index (χ1) is 13.2. The average Bonchev–Trinajstić information content (AvgIpc) is 3.17. The Kier molecular flexibility index (Phi) is 4.12. The normalized spacial score (nSPS) is 55.8. The topological polar surface area (TPSA) is 87.0 Å². The van der Waals surface area contributed by atoms with Crippen LogP contribution in [0.25, 0.3) is 0 Å². The van der Waals surface area contributed by atoms with Crippen LogP contribution in [0.4, 0.5) is 0 Å². The quantitative estimate of drug-likeness (QED) is 0.599. The van der Waals surface area contributed by atoms with Crippen LogP contribution in [-0.2, 0) is 9.53 Å². The molecule has 0 bridgehead atoms. The van der Waals surface area contributed by atoms with Crippen molar-refractivity contribution in [3.05, 3.63) is 11.6 Å². The Balaban J connectivity index is 1.49. The summed E-state index contributed by atoms with van der Waals surface area (Å²) in [5.74, 6) is 0.761. The first-order valence-electron chi connectivity index (χ1n) is 11.2. The molecule has 4 fully saturated rings. The monoisotopic (exact) mass is 390 g/mol. The molecule has 1 heterocycles. The summed E-state index contributed by atoms with van der Waals surface area (Å²) in [6.07, 6.45) is 7.52. The second kappa shape index (κ2) is 6.05. The van der Waals surface area contributed by atoms with Gasteiger partial charge in [-0.1, -0.05) is 13.8 Å². The van der Waals surface area contributed by atoms with E-state index >= 15 is 0 Å². The molecule has 5 aliphatic rings. The maximum absolute atomic E-state index is 12.1. The maximum Gasteiger partial charge on any atom is 0.331 e. The zero-order chi connectivity index (χ0) is 19.9. The summed E-state index contributed by atoms with van der Waals surface area (Å²) < 4.78 is 5.18. The number of hydrogen-bond donors (Lipinski definition) is 3. The molecule has 0 unspecified atom stereocenters. The summed E-state index contributed by atoms with van der Waals surface area (Å²) in [5, 5.41) is 33.3. The lowest BCUT2D eigenvalue weighted by Crippen LogP contribution is -2.65. The van der Waals surface area contributed by atoms with Gasteiger partial charge in [0.1, 0.15) is 6.61 Å². The fourth-order valence-electron chi connectivity index (χ4n) is 8.45. The number of carbonyl (C=O) groups is 1. The number of esters is 1. The highest BCUT2D eigenvalue weighted by Crippen LogP contribution is 2.69. The Bertz CT molecular complexity index is 718. The Labute approximate surface area is 167 Å². The van der Waals surface area contributed by atoms with Crippen LogP contribution in [0.1, 0.15) is 65.2 Å². The van der Waals surface area contributed by atoms with Crippen LogP contribution < -0.4 is 0 Å². The van der Waals surface area contributed by atoms with Gasteiger partial charge in [0.05, 0.1) is 17.8 Å². The molecule has 0 saturated heterocycles. The predicted molar refractivity (Wildman–Crippen MR) is 103 cm³/mol. The van der Waals surface area contributed by atoms with E-state index in [-0.39, 0.29) is 28.6 Å². The molecule has 9 atom stereocenters. The highest BCUT2D eigenvalue weighted by atomic mass is 16.5. The lowest BCUT2D eigenvalue weighted by atomic mass is 9.42. The number of fused-ring (bicyclic) bond motifs is 5. The molecule has 0 aromatic carbocycles. The summed E-state index contributed by atoms with van der Waals surface area (Å²) in [6.45, 7) is 4.81. The van der Waals surface area contributed by atoms with Gasteiger partial charge in [0.25, 0.3) is 0 Å². The second-order valence-electron chi connectivity index (χ2n) is 10.8. The molecule has 156 valence electrons. The SMILES string of the molecule is C[C@]12[C@H](CC[C@@H]3[C@H]1CC[C@]1(C)[C@@H](C4=CC(=O)OC4)CC[C@]31O)C[C@@H](O)C[C@H]2O. The van der Waals surface area contributed by atoms with E-state index < -0.39 is 17.8 Å². The van der Waals surface area contributed by atoms with E-state index in [1.165, 1.54) is 0 Å². The van der Waals surface area contributed by atoms with Gasteiger partial charge in [-0.25, -0.2) is 4.79 Å². The van der Waals surface area contributed by atoms with Crippen LogP contribution in [0, 0.1) is 34.5 Å². The van der Waals surface area contributed by atoms with E-state index in [1.807, 2.05) is 0 Å². The summed E-state index contributed by atoms with van der Waals surface area (Å²) in [6, 6.07) is 0. The van der Waals surface area contributed by atoms with E-state index in [2.05, 4.69) is 13.8 Å². The molecule has 1 aliphatic heterocycles. The Morgan fingerprint density at radius 2 is 1.82 bits per heavy atom. The third-order valence-corrected chi connectivity index (χ3v) is 10.1. The molecular weight excluding hydrogens is 356 g/mol. The summed E-state index contributed by atoms with van der Waals surface area (Å²) in [5.41, 5.74) is -0.154.